The van der Waals surface area contributed by atoms with Crippen molar-refractivity contribution in [3.63, 3.8) is 0 Å². The van der Waals surface area contributed by atoms with Crippen LogP contribution >= 0.6 is 0 Å². The lowest BCUT2D eigenvalue weighted by Gasteiger charge is -2.07. The number of anilines is 1. The van der Waals surface area contributed by atoms with Crippen molar-refractivity contribution in [2.45, 2.75) is 26.5 Å². The number of rotatable bonds is 4. The van der Waals surface area contributed by atoms with Crippen molar-refractivity contribution in [1.82, 2.24) is 9.55 Å². The van der Waals surface area contributed by atoms with E-state index in [2.05, 4.69) is 4.98 Å². The Hall–Kier alpha value is -2.04. The Labute approximate surface area is 105 Å². The zero-order valence-electron chi connectivity index (χ0n) is 10.4. The molecule has 0 bridgehead atoms. The normalized spacial score (nSPS) is 10.9. The molecular formula is C13H16FN3O. The average molecular weight is 249 g/mol. The molecule has 0 amide bonds. The molecule has 2 N–H and O–H groups in total. The minimum atomic E-state index is -0.381. The number of nitrogen functional groups attached to an aromatic ring is 1. The number of benzene rings is 1. The zero-order valence-corrected chi connectivity index (χ0v) is 10.4. The van der Waals surface area contributed by atoms with Crippen LogP contribution in [0.1, 0.15) is 25.6 Å². The summed E-state index contributed by atoms with van der Waals surface area (Å²) in [5.41, 5.74) is 6.45. The molecule has 0 spiro atoms. The van der Waals surface area contributed by atoms with Gasteiger partial charge in [-0.25, -0.2) is 9.37 Å². The third-order valence-corrected chi connectivity index (χ3v) is 2.58. The van der Waals surface area contributed by atoms with Crippen molar-refractivity contribution in [1.29, 1.82) is 0 Å². The number of ether oxygens (including phenoxy) is 1. The fourth-order valence-electron chi connectivity index (χ4n) is 1.66. The smallest absolute Gasteiger partial charge is 0.200 e. The fraction of sp³-hybridized carbons (Fsp3) is 0.308. The van der Waals surface area contributed by atoms with Crippen LogP contribution in [-0.2, 0) is 6.61 Å². The van der Waals surface area contributed by atoms with Crippen LogP contribution in [0.15, 0.2) is 30.5 Å². The van der Waals surface area contributed by atoms with Crippen molar-refractivity contribution in [3.05, 3.63) is 42.0 Å². The molecule has 2 rings (SSSR count). The number of hydrogen-bond donors (Lipinski definition) is 1. The van der Waals surface area contributed by atoms with Gasteiger partial charge in [0.05, 0.1) is 5.69 Å². The Morgan fingerprint density at radius 2 is 2.11 bits per heavy atom. The maximum atomic E-state index is 13.3. The summed E-state index contributed by atoms with van der Waals surface area (Å²) < 4.78 is 20.5. The molecule has 0 unspecified atom stereocenters. The van der Waals surface area contributed by atoms with Crippen LogP contribution in [0.4, 0.5) is 10.3 Å². The minimum Gasteiger partial charge on any atom is -0.484 e. The van der Waals surface area contributed by atoms with E-state index >= 15 is 0 Å². The van der Waals surface area contributed by atoms with E-state index in [0.717, 1.165) is 0 Å². The Bertz CT molecular complexity index is 537. The topological polar surface area (TPSA) is 53.1 Å². The second kappa shape index (κ2) is 5.08. The third-order valence-electron chi connectivity index (χ3n) is 2.58. The molecule has 4 nitrogen and oxygen atoms in total. The maximum absolute atomic E-state index is 13.3. The highest BCUT2D eigenvalue weighted by Crippen LogP contribution is 2.18. The van der Waals surface area contributed by atoms with E-state index in [1.165, 1.54) is 6.07 Å². The summed E-state index contributed by atoms with van der Waals surface area (Å²) in [6.45, 7) is 4.23. The first kappa shape index (κ1) is 12.4. The number of nitrogens with two attached hydrogens (primary N) is 1. The summed E-state index contributed by atoms with van der Waals surface area (Å²) in [6, 6.07) is 6.52. The van der Waals surface area contributed by atoms with Gasteiger partial charge in [-0.1, -0.05) is 12.1 Å². The van der Waals surface area contributed by atoms with Gasteiger partial charge in [0.25, 0.3) is 0 Å². The minimum absolute atomic E-state index is 0.199. The summed E-state index contributed by atoms with van der Waals surface area (Å²) >= 11 is 0. The molecule has 0 aliphatic carbocycles. The van der Waals surface area contributed by atoms with Gasteiger partial charge in [-0.3, -0.25) is 0 Å². The predicted octanol–water partition coefficient (Wildman–Crippen LogP) is 2.76. The molecule has 1 aromatic heterocycles. The Morgan fingerprint density at radius 3 is 2.72 bits per heavy atom. The largest absolute Gasteiger partial charge is 0.484 e. The van der Waals surface area contributed by atoms with Crippen molar-refractivity contribution >= 4 is 5.95 Å². The van der Waals surface area contributed by atoms with Gasteiger partial charge in [-0.2, -0.15) is 0 Å². The standard InChI is InChI=1S/C13H16FN3O/c1-9(2)17-7-10(16-13(17)15)8-18-12-6-4-3-5-11(12)14/h3-7,9H,8H2,1-2H3,(H2,15,16). The molecular weight excluding hydrogens is 233 g/mol. The van der Waals surface area contributed by atoms with E-state index in [0.29, 0.717) is 11.6 Å². The van der Waals surface area contributed by atoms with Crippen LogP contribution in [0.2, 0.25) is 0 Å². The molecule has 0 fully saturated rings. The first-order valence-corrected chi connectivity index (χ1v) is 5.78. The predicted molar refractivity (Wildman–Crippen MR) is 67.8 cm³/mol. The first-order valence-electron chi connectivity index (χ1n) is 5.78. The van der Waals surface area contributed by atoms with E-state index in [-0.39, 0.29) is 24.2 Å². The molecule has 0 radical (unpaired) electrons. The van der Waals surface area contributed by atoms with Gasteiger partial charge in [0.2, 0.25) is 5.95 Å². The SMILES string of the molecule is CC(C)n1cc(COc2ccccc2F)nc1N. The molecule has 18 heavy (non-hydrogen) atoms. The Balaban J connectivity index is 2.07. The molecule has 1 heterocycles. The molecule has 0 saturated heterocycles. The number of halogens is 1. The summed E-state index contributed by atoms with van der Waals surface area (Å²) in [5, 5.41) is 0. The molecule has 0 atom stereocenters. The molecule has 1 aromatic carbocycles. The fourth-order valence-corrected chi connectivity index (χ4v) is 1.66. The summed E-state index contributed by atoms with van der Waals surface area (Å²) in [4.78, 5) is 4.17. The van der Waals surface area contributed by atoms with Gasteiger partial charge in [0.15, 0.2) is 11.6 Å². The van der Waals surface area contributed by atoms with Gasteiger partial charge in [0, 0.05) is 12.2 Å². The van der Waals surface area contributed by atoms with E-state index in [1.54, 1.807) is 18.2 Å². The van der Waals surface area contributed by atoms with E-state index in [9.17, 15) is 4.39 Å². The van der Waals surface area contributed by atoms with Gasteiger partial charge >= 0.3 is 0 Å². The number of aromatic nitrogens is 2. The molecule has 2 aromatic rings. The molecule has 0 aliphatic rings. The second-order valence-electron chi connectivity index (χ2n) is 4.31. The Kier molecular flexibility index (Phi) is 3.50. The van der Waals surface area contributed by atoms with E-state index < -0.39 is 0 Å². The van der Waals surface area contributed by atoms with E-state index in [1.807, 2.05) is 24.6 Å². The number of nitrogens with zero attached hydrogens (tertiary/aromatic N) is 2. The van der Waals surface area contributed by atoms with Crippen molar-refractivity contribution in [2.24, 2.45) is 0 Å². The van der Waals surface area contributed by atoms with Crippen LogP contribution in [0.25, 0.3) is 0 Å². The van der Waals surface area contributed by atoms with Crippen molar-refractivity contribution in [2.75, 3.05) is 5.73 Å². The van der Waals surface area contributed by atoms with Crippen molar-refractivity contribution in [3.8, 4) is 5.75 Å². The van der Waals surface area contributed by atoms with Gasteiger partial charge in [-0.15, -0.1) is 0 Å². The summed E-state index contributed by atoms with van der Waals surface area (Å²) in [7, 11) is 0. The lowest BCUT2D eigenvalue weighted by Crippen LogP contribution is -2.03. The van der Waals surface area contributed by atoms with Gasteiger partial charge in [0.1, 0.15) is 6.61 Å². The number of para-hydroxylation sites is 1. The Morgan fingerprint density at radius 1 is 1.39 bits per heavy atom. The highest BCUT2D eigenvalue weighted by molar-refractivity contribution is 5.25. The lowest BCUT2D eigenvalue weighted by atomic mass is 10.3. The lowest BCUT2D eigenvalue weighted by molar-refractivity contribution is 0.286. The van der Waals surface area contributed by atoms with Crippen LogP contribution in [-0.4, -0.2) is 9.55 Å². The monoisotopic (exact) mass is 249 g/mol. The van der Waals surface area contributed by atoms with Gasteiger partial charge < -0.3 is 15.0 Å². The van der Waals surface area contributed by atoms with Crippen molar-refractivity contribution < 1.29 is 9.13 Å². The van der Waals surface area contributed by atoms with Crippen LogP contribution < -0.4 is 10.5 Å². The molecule has 0 aliphatic heterocycles. The van der Waals surface area contributed by atoms with E-state index in [4.69, 9.17) is 10.5 Å². The van der Waals surface area contributed by atoms with Crippen LogP contribution in [0, 0.1) is 5.82 Å². The number of imidazole rings is 1. The zero-order chi connectivity index (χ0) is 13.1. The first-order chi connectivity index (χ1) is 8.58. The molecule has 5 heteroatoms. The summed E-state index contributed by atoms with van der Waals surface area (Å²) in [6.07, 6.45) is 1.82. The van der Waals surface area contributed by atoms with Crippen LogP contribution in [0.3, 0.4) is 0 Å². The maximum Gasteiger partial charge on any atom is 0.200 e. The number of hydrogen-bond acceptors (Lipinski definition) is 3. The third kappa shape index (κ3) is 2.61. The highest BCUT2D eigenvalue weighted by Gasteiger charge is 2.09. The summed E-state index contributed by atoms with van der Waals surface area (Å²) in [5.74, 6) is 0.279. The van der Waals surface area contributed by atoms with Gasteiger partial charge in [-0.05, 0) is 26.0 Å². The second-order valence-corrected chi connectivity index (χ2v) is 4.31. The quantitative estimate of drug-likeness (QED) is 0.906. The average Bonchev–Trinajstić information content (AvgIpc) is 2.70. The highest BCUT2D eigenvalue weighted by atomic mass is 19.1. The molecule has 96 valence electrons. The van der Waals surface area contributed by atoms with Crippen LogP contribution in [0.5, 0.6) is 5.75 Å². The molecule has 0 saturated carbocycles.